The van der Waals surface area contributed by atoms with Gasteiger partial charge in [0.2, 0.25) is 0 Å². The largest absolute Gasteiger partial charge is 0.496 e. The van der Waals surface area contributed by atoms with Crippen molar-refractivity contribution in [3.05, 3.63) is 45.6 Å². The smallest absolute Gasteiger partial charge is 0.127 e. The van der Waals surface area contributed by atoms with Crippen LogP contribution in [-0.4, -0.2) is 20.8 Å². The minimum Gasteiger partial charge on any atom is -0.496 e. The van der Waals surface area contributed by atoms with Crippen LogP contribution in [0.3, 0.4) is 0 Å². The van der Waals surface area contributed by atoms with Gasteiger partial charge in [-0.3, -0.25) is 0 Å². The third-order valence-electron chi connectivity index (χ3n) is 3.48. The second-order valence-corrected chi connectivity index (χ2v) is 5.92. The van der Waals surface area contributed by atoms with Gasteiger partial charge in [0.15, 0.2) is 0 Å². The van der Waals surface area contributed by atoms with Crippen molar-refractivity contribution >= 4 is 11.3 Å². The van der Waals surface area contributed by atoms with Crippen molar-refractivity contribution in [1.29, 1.82) is 0 Å². The zero-order chi connectivity index (χ0) is 15.2. The number of ether oxygens (including phenoxy) is 2. The van der Waals surface area contributed by atoms with Crippen LogP contribution in [0, 0.1) is 0 Å². The lowest BCUT2D eigenvalue weighted by Crippen LogP contribution is -2.22. The minimum absolute atomic E-state index is 0.0893. The third-order valence-corrected chi connectivity index (χ3v) is 4.77. The molecule has 0 aliphatic rings. The Labute approximate surface area is 130 Å². The van der Waals surface area contributed by atoms with Crippen molar-refractivity contribution in [1.82, 2.24) is 5.32 Å². The number of aryl methyl sites for hydroxylation is 1. The van der Waals surface area contributed by atoms with Gasteiger partial charge in [0.25, 0.3) is 0 Å². The molecule has 114 valence electrons. The van der Waals surface area contributed by atoms with E-state index in [2.05, 4.69) is 31.3 Å². The van der Waals surface area contributed by atoms with E-state index >= 15 is 0 Å². The number of methoxy groups -OCH3 is 2. The lowest BCUT2D eigenvalue weighted by atomic mass is 10.0. The van der Waals surface area contributed by atoms with E-state index in [9.17, 15) is 0 Å². The molecule has 1 aromatic carbocycles. The number of hydrogen-bond acceptors (Lipinski definition) is 4. The van der Waals surface area contributed by atoms with E-state index in [4.69, 9.17) is 9.47 Å². The van der Waals surface area contributed by atoms with Gasteiger partial charge in [-0.15, -0.1) is 11.3 Å². The van der Waals surface area contributed by atoms with Crippen molar-refractivity contribution < 1.29 is 9.47 Å². The predicted molar refractivity (Wildman–Crippen MR) is 88.8 cm³/mol. The number of thiophene rings is 1. The molecule has 1 N–H and O–H groups in total. The molecule has 0 amide bonds. The summed E-state index contributed by atoms with van der Waals surface area (Å²) >= 11 is 1.84. The fourth-order valence-corrected chi connectivity index (χ4v) is 3.49. The Hall–Kier alpha value is -1.52. The normalized spacial score (nSPS) is 12.2. The average molecular weight is 305 g/mol. The Morgan fingerprint density at radius 1 is 1.05 bits per heavy atom. The van der Waals surface area contributed by atoms with Crippen LogP contribution in [0.2, 0.25) is 0 Å². The molecule has 2 rings (SSSR count). The van der Waals surface area contributed by atoms with Gasteiger partial charge in [-0.25, -0.2) is 0 Å². The molecule has 21 heavy (non-hydrogen) atoms. The summed E-state index contributed by atoms with van der Waals surface area (Å²) in [5, 5.41) is 3.55. The Kier molecular flexibility index (Phi) is 5.65. The van der Waals surface area contributed by atoms with Crippen LogP contribution in [0.15, 0.2) is 30.3 Å². The van der Waals surface area contributed by atoms with E-state index in [0.29, 0.717) is 0 Å². The molecule has 0 spiro atoms. The molecule has 0 saturated heterocycles. The van der Waals surface area contributed by atoms with Crippen LogP contribution in [0.4, 0.5) is 0 Å². The summed E-state index contributed by atoms with van der Waals surface area (Å²) in [6.07, 6.45) is 1.06. The van der Waals surface area contributed by atoms with E-state index in [1.165, 1.54) is 9.75 Å². The van der Waals surface area contributed by atoms with Gasteiger partial charge in [-0.05, 0) is 37.2 Å². The van der Waals surface area contributed by atoms with Crippen LogP contribution in [0.5, 0.6) is 11.5 Å². The maximum Gasteiger partial charge on any atom is 0.127 e. The van der Waals surface area contributed by atoms with Crippen molar-refractivity contribution in [3.63, 3.8) is 0 Å². The molecule has 1 heterocycles. The first-order chi connectivity index (χ1) is 10.2. The average Bonchev–Trinajstić information content (AvgIpc) is 3.00. The Bertz CT molecular complexity index is 558. The summed E-state index contributed by atoms with van der Waals surface area (Å²) in [7, 11) is 3.40. The quantitative estimate of drug-likeness (QED) is 0.838. The molecular weight excluding hydrogens is 282 g/mol. The zero-order valence-corrected chi connectivity index (χ0v) is 13.9. The van der Waals surface area contributed by atoms with Gasteiger partial charge in [-0.1, -0.05) is 19.9 Å². The van der Waals surface area contributed by atoms with Gasteiger partial charge in [0, 0.05) is 9.75 Å². The predicted octanol–water partition coefficient (Wildman–Crippen LogP) is 4.03. The zero-order valence-electron chi connectivity index (χ0n) is 13.1. The first-order valence-corrected chi connectivity index (χ1v) is 8.09. The molecule has 2 aromatic rings. The van der Waals surface area contributed by atoms with Crippen LogP contribution in [0.25, 0.3) is 0 Å². The molecule has 1 aromatic heterocycles. The van der Waals surface area contributed by atoms with Gasteiger partial charge in [0.1, 0.15) is 11.5 Å². The molecule has 0 fully saturated rings. The van der Waals surface area contributed by atoms with Crippen LogP contribution in [0.1, 0.15) is 35.2 Å². The standard InChI is InChI=1S/C17H23NO2S/c1-5-12-10-11-15(21-12)17(18-6-2)16-13(19-3)8-7-9-14(16)20-4/h7-11,17-18H,5-6H2,1-4H3. The highest BCUT2D eigenvalue weighted by atomic mass is 32.1. The molecule has 0 aliphatic heterocycles. The Morgan fingerprint density at radius 3 is 2.19 bits per heavy atom. The van der Waals surface area contributed by atoms with Crippen molar-refractivity contribution in [2.45, 2.75) is 26.3 Å². The molecule has 0 radical (unpaired) electrons. The summed E-state index contributed by atoms with van der Waals surface area (Å²) in [5.41, 5.74) is 1.06. The number of benzene rings is 1. The monoisotopic (exact) mass is 305 g/mol. The van der Waals surface area contributed by atoms with Gasteiger partial charge >= 0.3 is 0 Å². The van der Waals surface area contributed by atoms with Gasteiger partial charge in [0.05, 0.1) is 25.8 Å². The van der Waals surface area contributed by atoms with Crippen LogP contribution >= 0.6 is 11.3 Å². The first kappa shape index (κ1) is 15.9. The second-order valence-electron chi connectivity index (χ2n) is 4.72. The van der Waals surface area contributed by atoms with Crippen molar-refractivity contribution in [2.24, 2.45) is 0 Å². The van der Waals surface area contributed by atoms with E-state index < -0.39 is 0 Å². The van der Waals surface area contributed by atoms with Crippen molar-refractivity contribution in [3.8, 4) is 11.5 Å². The Morgan fingerprint density at radius 2 is 1.71 bits per heavy atom. The van der Waals surface area contributed by atoms with E-state index in [0.717, 1.165) is 30.0 Å². The van der Waals surface area contributed by atoms with E-state index in [1.54, 1.807) is 14.2 Å². The van der Waals surface area contributed by atoms with Gasteiger partial charge < -0.3 is 14.8 Å². The molecular formula is C17H23NO2S. The summed E-state index contributed by atoms with van der Waals surface area (Å²) < 4.78 is 11.1. The SMILES string of the molecule is CCNC(c1ccc(CC)s1)c1c(OC)cccc1OC. The third kappa shape index (κ3) is 3.39. The first-order valence-electron chi connectivity index (χ1n) is 7.28. The summed E-state index contributed by atoms with van der Waals surface area (Å²) in [4.78, 5) is 2.68. The molecule has 1 atom stereocenters. The fourth-order valence-electron chi connectivity index (χ4n) is 2.45. The lowest BCUT2D eigenvalue weighted by Gasteiger charge is -2.22. The summed E-state index contributed by atoms with van der Waals surface area (Å²) in [6.45, 7) is 5.18. The maximum atomic E-state index is 5.55. The number of hydrogen-bond donors (Lipinski definition) is 1. The highest BCUT2D eigenvalue weighted by Crippen LogP contribution is 2.39. The van der Waals surface area contributed by atoms with Crippen molar-refractivity contribution in [2.75, 3.05) is 20.8 Å². The summed E-state index contributed by atoms with van der Waals surface area (Å²) in [6, 6.07) is 10.4. The van der Waals surface area contributed by atoms with Gasteiger partial charge in [-0.2, -0.15) is 0 Å². The number of nitrogens with one attached hydrogen (secondary N) is 1. The molecule has 3 nitrogen and oxygen atoms in total. The highest BCUT2D eigenvalue weighted by Gasteiger charge is 2.23. The molecule has 1 unspecified atom stereocenters. The minimum atomic E-state index is 0.0893. The van der Waals surface area contributed by atoms with E-state index in [1.807, 2.05) is 29.5 Å². The number of rotatable bonds is 7. The fraction of sp³-hybridized carbons (Fsp3) is 0.412. The van der Waals surface area contributed by atoms with Crippen LogP contribution in [-0.2, 0) is 6.42 Å². The molecule has 0 aliphatic carbocycles. The Balaban J connectivity index is 2.51. The molecule has 0 bridgehead atoms. The van der Waals surface area contributed by atoms with Crippen LogP contribution < -0.4 is 14.8 Å². The summed E-state index contributed by atoms with van der Waals surface area (Å²) in [5.74, 6) is 1.71. The highest BCUT2D eigenvalue weighted by molar-refractivity contribution is 7.12. The maximum absolute atomic E-state index is 5.55. The second kappa shape index (κ2) is 7.48. The molecule has 4 heteroatoms. The topological polar surface area (TPSA) is 30.5 Å². The van der Waals surface area contributed by atoms with E-state index in [-0.39, 0.29) is 6.04 Å². The lowest BCUT2D eigenvalue weighted by molar-refractivity contribution is 0.378. The molecule has 0 saturated carbocycles.